The third-order valence-electron chi connectivity index (χ3n) is 5.13. The van der Waals surface area contributed by atoms with Gasteiger partial charge >= 0.3 is 17.9 Å². The molecule has 33 heavy (non-hydrogen) atoms. The molecule has 2 N–H and O–H groups in total. The zero-order valence-electron chi connectivity index (χ0n) is 21.7. The molecule has 0 aliphatic carbocycles. The zero-order chi connectivity index (χ0) is 25.2. The van der Waals surface area contributed by atoms with Crippen LogP contribution in [0.25, 0.3) is 0 Å². The number of carbonyl (C=O) groups is 3. The molecule has 9 nitrogen and oxygen atoms in total. The Bertz CT molecular complexity index is 719. The van der Waals surface area contributed by atoms with Crippen molar-refractivity contribution in [3.63, 3.8) is 0 Å². The Labute approximate surface area is 198 Å². The van der Waals surface area contributed by atoms with E-state index in [0.29, 0.717) is 25.9 Å². The number of likely N-dealkylation sites (tertiary alicyclic amines) is 1. The molecule has 2 aliphatic rings. The third-order valence-corrected chi connectivity index (χ3v) is 5.13. The van der Waals surface area contributed by atoms with Crippen molar-refractivity contribution in [2.45, 2.75) is 116 Å². The fourth-order valence-corrected chi connectivity index (χ4v) is 4.10. The van der Waals surface area contributed by atoms with E-state index in [1.807, 2.05) is 67.2 Å². The minimum atomic E-state index is -0.615. The van der Waals surface area contributed by atoms with Crippen molar-refractivity contribution in [1.29, 1.82) is 0 Å². The summed E-state index contributed by atoms with van der Waals surface area (Å²) >= 11 is 0. The molecule has 0 aromatic carbocycles. The highest BCUT2D eigenvalue weighted by atomic mass is 16.6. The van der Waals surface area contributed by atoms with Crippen LogP contribution >= 0.6 is 0 Å². The number of nitrogens with zero attached hydrogens (tertiary/aromatic N) is 1. The molecule has 2 aliphatic heterocycles. The van der Waals surface area contributed by atoms with Gasteiger partial charge < -0.3 is 24.8 Å². The standard InChI is InChI=1S/C24H43N3O6/c1-22(2,3)31-19(28)14-27-13-16(11-18(27)21(30)33-24(7,8)9)26-15-10-17(25-12-15)20(29)32-23(4,5)6/h15-18,25-26H,10-14H2,1-9H3/t15-,16+,17-,18+/m1/s1. The largest absolute Gasteiger partial charge is 0.459 e. The normalized spacial score (nSPS) is 26.8. The first-order chi connectivity index (χ1) is 14.9. The van der Waals surface area contributed by atoms with Crippen LogP contribution in [0.1, 0.15) is 75.2 Å². The summed E-state index contributed by atoms with van der Waals surface area (Å²) in [5, 5.41) is 6.77. The lowest BCUT2D eigenvalue weighted by Crippen LogP contribution is -2.44. The van der Waals surface area contributed by atoms with Gasteiger partial charge in [-0.1, -0.05) is 0 Å². The number of hydrogen-bond donors (Lipinski definition) is 2. The van der Waals surface area contributed by atoms with Crippen LogP contribution in [-0.4, -0.2) is 83.4 Å². The van der Waals surface area contributed by atoms with Crippen LogP contribution in [0, 0.1) is 0 Å². The van der Waals surface area contributed by atoms with Crippen molar-refractivity contribution in [3.05, 3.63) is 0 Å². The van der Waals surface area contributed by atoms with Gasteiger partial charge in [-0.15, -0.1) is 0 Å². The quantitative estimate of drug-likeness (QED) is 0.445. The van der Waals surface area contributed by atoms with E-state index in [9.17, 15) is 14.4 Å². The second-order valence-corrected chi connectivity index (χ2v) is 12.1. The molecule has 0 radical (unpaired) electrons. The lowest BCUT2D eigenvalue weighted by molar-refractivity contribution is -0.163. The monoisotopic (exact) mass is 469 g/mol. The summed E-state index contributed by atoms with van der Waals surface area (Å²) in [5.41, 5.74) is -1.74. The molecule has 0 aromatic rings. The highest BCUT2D eigenvalue weighted by molar-refractivity contribution is 5.79. The van der Waals surface area contributed by atoms with Gasteiger partial charge in [0.1, 0.15) is 28.9 Å². The van der Waals surface area contributed by atoms with Gasteiger partial charge in [0.25, 0.3) is 0 Å². The Kier molecular flexibility index (Phi) is 8.57. The van der Waals surface area contributed by atoms with Crippen molar-refractivity contribution in [2.24, 2.45) is 0 Å². The number of nitrogens with one attached hydrogen (secondary N) is 2. The molecule has 2 saturated heterocycles. The molecular formula is C24H43N3O6. The Morgan fingerprint density at radius 2 is 1.36 bits per heavy atom. The molecule has 190 valence electrons. The minimum absolute atomic E-state index is 0.0167. The van der Waals surface area contributed by atoms with Gasteiger partial charge in [-0.25, -0.2) is 0 Å². The van der Waals surface area contributed by atoms with Gasteiger partial charge in [-0.2, -0.15) is 0 Å². The summed E-state index contributed by atoms with van der Waals surface area (Å²) in [7, 11) is 0. The fourth-order valence-electron chi connectivity index (χ4n) is 4.10. The Balaban J connectivity index is 2.00. The predicted molar refractivity (Wildman–Crippen MR) is 125 cm³/mol. The van der Waals surface area contributed by atoms with Gasteiger partial charge in [0.2, 0.25) is 0 Å². The summed E-state index contributed by atoms with van der Waals surface area (Å²) in [6.07, 6.45) is 1.12. The number of ether oxygens (including phenoxy) is 3. The van der Waals surface area contributed by atoms with E-state index in [1.165, 1.54) is 0 Å². The van der Waals surface area contributed by atoms with E-state index in [4.69, 9.17) is 14.2 Å². The van der Waals surface area contributed by atoms with Gasteiger partial charge in [0, 0.05) is 25.2 Å². The smallest absolute Gasteiger partial charge is 0.323 e. The molecule has 2 rings (SSSR count). The van der Waals surface area contributed by atoms with Crippen molar-refractivity contribution >= 4 is 17.9 Å². The molecule has 0 saturated carbocycles. The zero-order valence-corrected chi connectivity index (χ0v) is 21.7. The Hall–Kier alpha value is -1.71. The molecule has 0 bridgehead atoms. The molecule has 0 aromatic heterocycles. The van der Waals surface area contributed by atoms with E-state index in [-0.39, 0.29) is 42.6 Å². The SMILES string of the molecule is CC(C)(C)OC(=O)CN1C[C@@H](N[C@H]2CN[C@@H](C(=O)OC(C)(C)C)C2)C[C@H]1C(=O)OC(C)(C)C. The van der Waals surface area contributed by atoms with Crippen molar-refractivity contribution < 1.29 is 28.6 Å². The van der Waals surface area contributed by atoms with Crippen LogP contribution in [0.4, 0.5) is 0 Å². The van der Waals surface area contributed by atoms with Crippen LogP contribution < -0.4 is 10.6 Å². The molecule has 9 heteroatoms. The summed E-state index contributed by atoms with van der Waals surface area (Å²) in [4.78, 5) is 39.5. The van der Waals surface area contributed by atoms with E-state index >= 15 is 0 Å². The van der Waals surface area contributed by atoms with Gasteiger partial charge in [-0.05, 0) is 75.2 Å². The maximum Gasteiger partial charge on any atom is 0.323 e. The summed E-state index contributed by atoms with van der Waals surface area (Å²) < 4.78 is 16.6. The van der Waals surface area contributed by atoms with E-state index in [1.54, 1.807) is 0 Å². The molecule has 2 heterocycles. The van der Waals surface area contributed by atoms with Gasteiger partial charge in [0.05, 0.1) is 6.54 Å². The average Bonchev–Trinajstić information content (AvgIpc) is 3.17. The van der Waals surface area contributed by atoms with Crippen LogP contribution in [0.2, 0.25) is 0 Å². The lowest BCUT2D eigenvalue weighted by atomic mass is 10.1. The molecule has 0 amide bonds. The summed E-state index contributed by atoms with van der Waals surface area (Å²) in [5.74, 6) is -0.966. The van der Waals surface area contributed by atoms with Crippen LogP contribution in [0.3, 0.4) is 0 Å². The second-order valence-electron chi connectivity index (χ2n) is 12.1. The Morgan fingerprint density at radius 1 is 0.818 bits per heavy atom. The number of carbonyl (C=O) groups excluding carboxylic acids is 3. The van der Waals surface area contributed by atoms with Crippen LogP contribution in [0.15, 0.2) is 0 Å². The predicted octanol–water partition coefficient (Wildman–Crippen LogP) is 1.77. The summed E-state index contributed by atoms with van der Waals surface area (Å²) in [6.45, 7) is 17.6. The third kappa shape index (κ3) is 9.59. The molecule has 4 atom stereocenters. The van der Waals surface area contributed by atoms with Crippen molar-refractivity contribution in [1.82, 2.24) is 15.5 Å². The number of hydrogen-bond acceptors (Lipinski definition) is 9. The van der Waals surface area contributed by atoms with Crippen LogP contribution in [-0.2, 0) is 28.6 Å². The second kappa shape index (κ2) is 10.3. The molecular weight excluding hydrogens is 426 g/mol. The van der Waals surface area contributed by atoms with Gasteiger partial charge in [-0.3, -0.25) is 19.3 Å². The topological polar surface area (TPSA) is 106 Å². The van der Waals surface area contributed by atoms with E-state index in [2.05, 4.69) is 10.6 Å². The highest BCUT2D eigenvalue weighted by Gasteiger charge is 2.42. The molecule has 0 spiro atoms. The molecule has 0 unspecified atom stereocenters. The van der Waals surface area contributed by atoms with Crippen LogP contribution in [0.5, 0.6) is 0 Å². The number of esters is 3. The first-order valence-corrected chi connectivity index (χ1v) is 11.8. The summed E-state index contributed by atoms with van der Waals surface area (Å²) in [6, 6.07) is -0.852. The molecule has 2 fully saturated rings. The van der Waals surface area contributed by atoms with Gasteiger partial charge in [0.15, 0.2) is 0 Å². The van der Waals surface area contributed by atoms with E-state index in [0.717, 1.165) is 0 Å². The van der Waals surface area contributed by atoms with Crippen molar-refractivity contribution in [2.75, 3.05) is 19.6 Å². The van der Waals surface area contributed by atoms with E-state index < -0.39 is 22.8 Å². The minimum Gasteiger partial charge on any atom is -0.459 e. The first-order valence-electron chi connectivity index (χ1n) is 11.8. The highest BCUT2D eigenvalue weighted by Crippen LogP contribution is 2.24. The Morgan fingerprint density at radius 3 is 1.91 bits per heavy atom. The maximum absolute atomic E-state index is 12.9. The maximum atomic E-state index is 12.9. The lowest BCUT2D eigenvalue weighted by Gasteiger charge is -2.27. The average molecular weight is 470 g/mol. The number of rotatable bonds is 6. The fraction of sp³-hybridized carbons (Fsp3) is 0.875. The van der Waals surface area contributed by atoms with Crippen molar-refractivity contribution in [3.8, 4) is 0 Å². The first kappa shape index (κ1) is 27.5.